The number of carbonyl (C=O) groups is 4. The summed E-state index contributed by atoms with van der Waals surface area (Å²) in [6, 6.07) is 17.3. The molecule has 0 aromatic heterocycles. The van der Waals surface area contributed by atoms with Crippen LogP contribution < -0.4 is 5.32 Å². The van der Waals surface area contributed by atoms with Gasteiger partial charge in [0.1, 0.15) is 17.8 Å². The highest BCUT2D eigenvalue weighted by molar-refractivity contribution is 6.45. The van der Waals surface area contributed by atoms with Crippen molar-refractivity contribution in [2.45, 2.75) is 6.10 Å². The van der Waals surface area contributed by atoms with Crippen molar-refractivity contribution < 1.29 is 28.3 Å². The van der Waals surface area contributed by atoms with Crippen molar-refractivity contribution in [3.05, 3.63) is 100 Å². The maximum atomic E-state index is 14.4. The Hall–Kier alpha value is -3.84. The van der Waals surface area contributed by atoms with Gasteiger partial charge in [0.05, 0.1) is 11.1 Å². The highest BCUT2D eigenvalue weighted by Gasteiger charge is 2.46. The van der Waals surface area contributed by atoms with Crippen molar-refractivity contribution >= 4 is 40.7 Å². The number of Topliss-reactive ketones (excluding diaryl/α,β-unsaturated/α-hetero) is 2. The lowest BCUT2D eigenvalue weighted by molar-refractivity contribution is -0.138. The van der Waals surface area contributed by atoms with E-state index in [2.05, 4.69) is 5.32 Å². The molecule has 6 nitrogen and oxygen atoms in total. The predicted molar refractivity (Wildman–Crippen MR) is 114 cm³/mol. The van der Waals surface area contributed by atoms with Crippen LogP contribution in [0.5, 0.6) is 0 Å². The van der Waals surface area contributed by atoms with E-state index < -0.39 is 41.3 Å². The Morgan fingerprint density at radius 3 is 2.31 bits per heavy atom. The molecule has 0 spiro atoms. The summed E-state index contributed by atoms with van der Waals surface area (Å²) in [6.45, 7) is 0. The van der Waals surface area contributed by atoms with Crippen LogP contribution in [0.25, 0.3) is 0 Å². The maximum Gasteiger partial charge on any atom is 0.339 e. The first-order chi connectivity index (χ1) is 15.4. The number of nitrogens with one attached hydrogen (secondary N) is 1. The average Bonchev–Trinajstić information content (AvgIpc) is 3.12. The molecule has 1 aliphatic rings. The van der Waals surface area contributed by atoms with Gasteiger partial charge in [-0.1, -0.05) is 41.9 Å². The molecule has 4 rings (SSSR count). The second kappa shape index (κ2) is 8.72. The number of halogens is 2. The van der Waals surface area contributed by atoms with Gasteiger partial charge in [-0.3, -0.25) is 14.4 Å². The second-order valence-electron chi connectivity index (χ2n) is 7.06. The molecule has 1 aliphatic heterocycles. The Bertz CT molecular complexity index is 1240. The van der Waals surface area contributed by atoms with Gasteiger partial charge in [-0.2, -0.15) is 0 Å². The van der Waals surface area contributed by atoms with Gasteiger partial charge in [0.25, 0.3) is 5.91 Å². The maximum absolute atomic E-state index is 14.4. The van der Waals surface area contributed by atoms with Crippen LogP contribution in [0.1, 0.15) is 32.4 Å². The van der Waals surface area contributed by atoms with E-state index in [1.54, 1.807) is 12.1 Å². The van der Waals surface area contributed by atoms with E-state index in [9.17, 15) is 23.6 Å². The fourth-order valence-electron chi connectivity index (χ4n) is 3.51. The number of ketones is 2. The van der Waals surface area contributed by atoms with Gasteiger partial charge in [0.2, 0.25) is 5.78 Å². The van der Waals surface area contributed by atoms with Crippen molar-refractivity contribution in [2.24, 2.45) is 5.92 Å². The summed E-state index contributed by atoms with van der Waals surface area (Å²) >= 11 is 5.82. The highest BCUT2D eigenvalue weighted by atomic mass is 35.5. The fraction of sp³-hybridized carbons (Fsp3) is 0.0833. The van der Waals surface area contributed by atoms with E-state index in [-0.39, 0.29) is 22.4 Å². The highest BCUT2D eigenvalue weighted by Crippen LogP contribution is 2.38. The molecule has 0 saturated carbocycles. The Balaban J connectivity index is 1.72. The van der Waals surface area contributed by atoms with E-state index >= 15 is 0 Å². The van der Waals surface area contributed by atoms with Gasteiger partial charge < -0.3 is 10.1 Å². The van der Waals surface area contributed by atoms with Crippen molar-refractivity contribution in [2.75, 3.05) is 5.32 Å². The molecule has 3 aromatic carbocycles. The largest absolute Gasteiger partial charge is 0.453 e. The molecule has 1 heterocycles. The van der Waals surface area contributed by atoms with E-state index in [0.717, 1.165) is 6.07 Å². The Labute approximate surface area is 187 Å². The summed E-state index contributed by atoms with van der Waals surface area (Å²) in [7, 11) is 0. The number of amides is 1. The first-order valence-corrected chi connectivity index (χ1v) is 9.94. The molecule has 0 radical (unpaired) electrons. The Kier molecular flexibility index (Phi) is 5.83. The van der Waals surface area contributed by atoms with Crippen LogP contribution in [0.15, 0.2) is 72.8 Å². The molecule has 0 saturated heterocycles. The van der Waals surface area contributed by atoms with Gasteiger partial charge >= 0.3 is 5.97 Å². The molecular weight excluding hydrogens is 437 g/mol. The molecule has 1 N–H and O–H groups in total. The lowest BCUT2D eigenvalue weighted by Crippen LogP contribution is -2.38. The molecule has 0 fully saturated rings. The fourth-order valence-corrected chi connectivity index (χ4v) is 3.64. The third-order valence-electron chi connectivity index (χ3n) is 5.05. The minimum atomic E-state index is -1.77. The topological polar surface area (TPSA) is 89.5 Å². The second-order valence-corrected chi connectivity index (χ2v) is 7.50. The van der Waals surface area contributed by atoms with Crippen LogP contribution in [0.3, 0.4) is 0 Å². The molecule has 3 aromatic rings. The molecule has 1 amide bonds. The predicted octanol–water partition coefficient (Wildman–Crippen LogP) is 4.40. The van der Waals surface area contributed by atoms with E-state index in [1.165, 1.54) is 54.6 Å². The summed E-state index contributed by atoms with van der Waals surface area (Å²) in [5.74, 6) is -6.60. The van der Waals surface area contributed by atoms with Crippen LogP contribution in [0.2, 0.25) is 5.02 Å². The number of rotatable bonds is 6. The lowest BCUT2D eigenvalue weighted by atomic mass is 9.84. The summed E-state index contributed by atoms with van der Waals surface area (Å²) < 4.78 is 19.7. The van der Waals surface area contributed by atoms with Gasteiger partial charge in [-0.05, 0) is 42.5 Å². The summed E-state index contributed by atoms with van der Waals surface area (Å²) in [6.07, 6.45) is -1.37. The van der Waals surface area contributed by atoms with Crippen molar-refractivity contribution in [1.82, 2.24) is 0 Å². The minimum Gasteiger partial charge on any atom is -0.453 e. The number of fused-ring (bicyclic) bond motifs is 1. The third-order valence-corrected chi connectivity index (χ3v) is 5.31. The number of ether oxygens (including phenoxy) is 1. The van der Waals surface area contributed by atoms with E-state index in [0.29, 0.717) is 5.02 Å². The summed E-state index contributed by atoms with van der Waals surface area (Å²) in [4.78, 5) is 51.5. The first kappa shape index (κ1) is 21.4. The molecular formula is C24H15ClFNO5. The van der Waals surface area contributed by atoms with Crippen molar-refractivity contribution in [3.8, 4) is 0 Å². The standard InChI is InChI=1S/C24H15ClFNO5/c25-13-9-11-14(12-10-13)27-23(30)21(29)19(20(28)17-7-3-4-8-18(17)26)22-15-5-1-2-6-16(15)24(31)32-22/h1-12,19,22H,(H,27,30)/t19-,22+/m1/s1. The molecule has 8 heteroatoms. The molecule has 0 bridgehead atoms. The van der Waals surface area contributed by atoms with Gasteiger partial charge in [-0.15, -0.1) is 0 Å². The van der Waals surface area contributed by atoms with Crippen LogP contribution in [0, 0.1) is 11.7 Å². The van der Waals surface area contributed by atoms with Gasteiger partial charge in [-0.25, -0.2) is 9.18 Å². The Morgan fingerprint density at radius 1 is 0.938 bits per heavy atom. The van der Waals surface area contributed by atoms with Gasteiger partial charge in [0.15, 0.2) is 5.78 Å². The average molecular weight is 452 g/mol. The lowest BCUT2D eigenvalue weighted by Gasteiger charge is -2.21. The number of anilines is 1. The molecule has 2 atom stereocenters. The van der Waals surface area contributed by atoms with Crippen LogP contribution >= 0.6 is 11.6 Å². The van der Waals surface area contributed by atoms with Crippen LogP contribution in [-0.4, -0.2) is 23.4 Å². The quantitative estimate of drug-likeness (QED) is 0.260. The Morgan fingerprint density at radius 2 is 1.59 bits per heavy atom. The molecule has 0 aliphatic carbocycles. The first-order valence-electron chi connectivity index (χ1n) is 9.56. The minimum absolute atomic E-state index is 0.176. The summed E-state index contributed by atoms with van der Waals surface area (Å²) in [5, 5.41) is 2.82. The summed E-state index contributed by atoms with van der Waals surface area (Å²) in [5.41, 5.74) is 0.341. The number of esters is 1. The number of cyclic esters (lactones) is 1. The zero-order valence-electron chi connectivity index (χ0n) is 16.4. The number of benzene rings is 3. The van der Waals surface area contributed by atoms with Crippen molar-refractivity contribution in [3.63, 3.8) is 0 Å². The monoisotopic (exact) mass is 451 g/mol. The smallest absolute Gasteiger partial charge is 0.339 e. The van der Waals surface area contributed by atoms with Crippen LogP contribution in [-0.2, 0) is 14.3 Å². The molecule has 0 unspecified atom stereocenters. The van der Waals surface area contributed by atoms with E-state index in [1.807, 2.05) is 0 Å². The zero-order chi connectivity index (χ0) is 22.8. The van der Waals surface area contributed by atoms with E-state index in [4.69, 9.17) is 16.3 Å². The molecule has 32 heavy (non-hydrogen) atoms. The third kappa shape index (κ3) is 4.02. The van der Waals surface area contributed by atoms with Crippen LogP contribution in [0.4, 0.5) is 10.1 Å². The normalized spacial score (nSPS) is 15.4. The SMILES string of the molecule is O=C(Nc1ccc(Cl)cc1)C(=O)[C@@H](C(=O)c1ccccc1F)[C@H]1OC(=O)c2ccccc21. The number of hydrogen-bond donors (Lipinski definition) is 1. The number of hydrogen-bond acceptors (Lipinski definition) is 5. The van der Waals surface area contributed by atoms with Gasteiger partial charge in [0, 0.05) is 16.3 Å². The van der Waals surface area contributed by atoms with Crippen molar-refractivity contribution in [1.29, 1.82) is 0 Å². The zero-order valence-corrected chi connectivity index (χ0v) is 17.1. The molecule has 160 valence electrons. The number of carbonyl (C=O) groups excluding carboxylic acids is 4.